The molecule has 0 spiro atoms. The Hall–Kier alpha value is -2.38. The number of para-hydroxylation sites is 1. The van der Waals surface area contributed by atoms with Crippen LogP contribution in [0.1, 0.15) is 36.8 Å². The molecule has 4 aliphatic rings. The van der Waals surface area contributed by atoms with Gasteiger partial charge in [0.05, 0.1) is 11.8 Å². The van der Waals surface area contributed by atoms with Crippen LogP contribution in [0.3, 0.4) is 0 Å². The molecule has 2 aliphatic heterocycles. The lowest BCUT2D eigenvalue weighted by atomic mass is 9.56. The highest BCUT2D eigenvalue weighted by atomic mass is 35.5. The normalized spacial score (nSPS) is 37.8. The van der Waals surface area contributed by atoms with Crippen LogP contribution >= 0.6 is 23.2 Å². The van der Waals surface area contributed by atoms with Gasteiger partial charge in [-0.25, -0.2) is 0 Å². The topological polar surface area (TPSA) is 95.0 Å². The minimum atomic E-state index is -1.88. The predicted octanol–water partition coefficient (Wildman–Crippen LogP) is 2.71. The zero-order valence-electron chi connectivity index (χ0n) is 18.5. The molecule has 1 N–H and O–H groups in total. The number of likely N-dealkylation sites (tertiary alicyclic amines) is 2. The van der Waals surface area contributed by atoms with E-state index in [0.29, 0.717) is 23.1 Å². The van der Waals surface area contributed by atoms with Gasteiger partial charge in [-0.15, -0.1) is 23.2 Å². The first kappa shape index (κ1) is 22.4. The summed E-state index contributed by atoms with van der Waals surface area (Å²) in [5.74, 6) is -4.54. The Kier molecular flexibility index (Phi) is 4.80. The smallest absolute Gasteiger partial charge is 0.253 e. The van der Waals surface area contributed by atoms with Gasteiger partial charge in [0.15, 0.2) is 9.75 Å². The number of fused-ring (bicyclic) bond motifs is 4. The minimum absolute atomic E-state index is 0.0379. The molecule has 1 aromatic rings. The standard InChI is InChI=1S/C24H24Cl2N2O5/c1-4-28-19(30)13-9-8-12-15(16(13)20(28)31)10-23(25)21(32)27(3)22(33)24(23,26)17(12)14-7-5-6-11(2)18(14)29/h5-8,13,15-17,29H,4,9-10H2,1-3H3. The van der Waals surface area contributed by atoms with Gasteiger partial charge in [0.1, 0.15) is 5.75 Å². The first-order valence-electron chi connectivity index (χ1n) is 11.0. The Morgan fingerprint density at radius 1 is 1.09 bits per heavy atom. The number of imide groups is 2. The summed E-state index contributed by atoms with van der Waals surface area (Å²) in [4.78, 5) is 51.4. The second kappa shape index (κ2) is 7.06. The third-order valence-corrected chi connectivity index (χ3v) is 9.42. The number of carbonyl (C=O) groups excluding carboxylic acids is 4. The lowest BCUT2D eigenvalue weighted by Crippen LogP contribution is -2.60. The van der Waals surface area contributed by atoms with Crippen molar-refractivity contribution >= 4 is 46.8 Å². The summed E-state index contributed by atoms with van der Waals surface area (Å²) in [5, 5.41) is 11.0. The van der Waals surface area contributed by atoms with E-state index in [2.05, 4.69) is 0 Å². The molecule has 2 saturated heterocycles. The molecule has 0 aromatic heterocycles. The van der Waals surface area contributed by atoms with Crippen LogP contribution in [0.25, 0.3) is 0 Å². The van der Waals surface area contributed by atoms with Crippen LogP contribution in [-0.2, 0) is 19.2 Å². The van der Waals surface area contributed by atoms with Gasteiger partial charge in [-0.3, -0.25) is 29.0 Å². The summed E-state index contributed by atoms with van der Waals surface area (Å²) in [6, 6.07) is 5.13. The fourth-order valence-corrected chi connectivity index (χ4v) is 7.39. The van der Waals surface area contributed by atoms with Gasteiger partial charge in [-0.05, 0) is 38.2 Å². The summed E-state index contributed by atoms with van der Waals surface area (Å²) in [5.41, 5.74) is 1.64. The number of hydrogen-bond acceptors (Lipinski definition) is 5. The second-order valence-electron chi connectivity index (χ2n) is 9.43. The van der Waals surface area contributed by atoms with E-state index in [1.165, 1.54) is 11.9 Å². The van der Waals surface area contributed by atoms with Crippen molar-refractivity contribution < 1.29 is 24.3 Å². The lowest BCUT2D eigenvalue weighted by molar-refractivity contribution is -0.141. The van der Waals surface area contributed by atoms with Gasteiger partial charge < -0.3 is 5.11 Å². The molecule has 33 heavy (non-hydrogen) atoms. The molecule has 4 amide bonds. The molecule has 2 heterocycles. The average Bonchev–Trinajstić information content (AvgIpc) is 3.11. The molecule has 1 saturated carbocycles. The Morgan fingerprint density at radius 2 is 1.79 bits per heavy atom. The van der Waals surface area contributed by atoms with Gasteiger partial charge in [0.25, 0.3) is 11.8 Å². The van der Waals surface area contributed by atoms with E-state index in [1.54, 1.807) is 32.0 Å². The highest BCUT2D eigenvalue weighted by Gasteiger charge is 2.76. The Morgan fingerprint density at radius 3 is 2.45 bits per heavy atom. The quantitative estimate of drug-likeness (QED) is 0.390. The maximum absolute atomic E-state index is 13.4. The lowest BCUT2D eigenvalue weighted by Gasteiger charge is -2.50. The Labute approximate surface area is 201 Å². The van der Waals surface area contributed by atoms with Crippen molar-refractivity contribution in [2.75, 3.05) is 13.6 Å². The van der Waals surface area contributed by atoms with Gasteiger partial charge in [-0.1, -0.05) is 29.8 Å². The van der Waals surface area contributed by atoms with E-state index < -0.39 is 45.2 Å². The van der Waals surface area contributed by atoms with Crippen molar-refractivity contribution in [3.63, 3.8) is 0 Å². The van der Waals surface area contributed by atoms with Crippen LogP contribution in [0.4, 0.5) is 0 Å². The Bertz CT molecular complexity index is 1170. The van der Waals surface area contributed by atoms with Crippen LogP contribution in [0.2, 0.25) is 0 Å². The molecule has 174 valence electrons. The molecule has 9 heteroatoms. The molecule has 0 radical (unpaired) electrons. The largest absolute Gasteiger partial charge is 0.507 e. The summed E-state index contributed by atoms with van der Waals surface area (Å²) in [6.07, 6.45) is 2.14. The van der Waals surface area contributed by atoms with Crippen molar-refractivity contribution in [3.8, 4) is 5.75 Å². The van der Waals surface area contributed by atoms with Gasteiger partial charge in [0, 0.05) is 25.1 Å². The highest BCUT2D eigenvalue weighted by Crippen LogP contribution is 2.66. The van der Waals surface area contributed by atoms with Crippen LogP contribution in [-0.4, -0.2) is 61.9 Å². The van der Waals surface area contributed by atoms with Gasteiger partial charge in [-0.2, -0.15) is 0 Å². The fourth-order valence-electron chi connectivity index (χ4n) is 6.38. The average molecular weight is 491 g/mol. The summed E-state index contributed by atoms with van der Waals surface area (Å²) in [6.45, 7) is 3.74. The van der Waals surface area contributed by atoms with Crippen LogP contribution in [0, 0.1) is 24.7 Å². The van der Waals surface area contributed by atoms with Crippen molar-refractivity contribution in [2.45, 2.75) is 42.4 Å². The van der Waals surface area contributed by atoms with Crippen molar-refractivity contribution in [3.05, 3.63) is 41.0 Å². The molecule has 6 unspecified atom stereocenters. The van der Waals surface area contributed by atoms with Crippen molar-refractivity contribution in [2.24, 2.45) is 17.8 Å². The van der Waals surface area contributed by atoms with E-state index >= 15 is 0 Å². The number of allylic oxidation sites excluding steroid dienone is 2. The zero-order valence-corrected chi connectivity index (χ0v) is 20.0. The van der Waals surface area contributed by atoms with E-state index in [1.807, 2.05) is 6.08 Å². The second-order valence-corrected chi connectivity index (χ2v) is 10.7. The molecule has 7 nitrogen and oxygen atoms in total. The molecule has 5 rings (SSSR count). The monoisotopic (exact) mass is 490 g/mol. The summed E-state index contributed by atoms with van der Waals surface area (Å²) in [7, 11) is 1.34. The fraction of sp³-hybridized carbons (Fsp3) is 0.500. The third-order valence-electron chi connectivity index (χ3n) is 8.00. The number of aromatic hydroxyl groups is 1. The minimum Gasteiger partial charge on any atom is -0.507 e. The van der Waals surface area contributed by atoms with E-state index in [9.17, 15) is 24.3 Å². The SMILES string of the molecule is CCN1C(=O)C2CC=C3C(CC4(Cl)C(=O)N(C)C(=O)C4(Cl)C3c3cccc(C)c3O)C2C1=O. The number of alkyl halides is 2. The number of aryl methyl sites for hydroxylation is 1. The molecule has 0 bridgehead atoms. The predicted molar refractivity (Wildman–Crippen MR) is 121 cm³/mol. The molecule has 2 aliphatic carbocycles. The number of nitrogens with zero attached hydrogens (tertiary/aromatic N) is 2. The van der Waals surface area contributed by atoms with Crippen molar-refractivity contribution in [1.29, 1.82) is 0 Å². The van der Waals surface area contributed by atoms with E-state index in [-0.39, 0.29) is 30.5 Å². The number of hydrogen-bond donors (Lipinski definition) is 1. The Balaban J connectivity index is 1.77. The van der Waals surface area contributed by atoms with Crippen LogP contribution in [0.15, 0.2) is 29.8 Å². The van der Waals surface area contributed by atoms with Crippen LogP contribution < -0.4 is 0 Å². The maximum atomic E-state index is 13.4. The molecular weight excluding hydrogens is 467 g/mol. The van der Waals surface area contributed by atoms with E-state index in [4.69, 9.17) is 23.2 Å². The zero-order chi connectivity index (χ0) is 24.0. The van der Waals surface area contributed by atoms with Gasteiger partial charge >= 0.3 is 0 Å². The number of benzene rings is 1. The van der Waals surface area contributed by atoms with Gasteiger partial charge in [0.2, 0.25) is 11.8 Å². The molecule has 3 fully saturated rings. The first-order valence-corrected chi connectivity index (χ1v) is 11.8. The maximum Gasteiger partial charge on any atom is 0.253 e. The first-order chi connectivity index (χ1) is 15.5. The number of phenolic OH excluding ortho intramolecular Hbond substituents is 1. The molecular formula is C24H24Cl2N2O5. The summed E-state index contributed by atoms with van der Waals surface area (Å²) < 4.78 is 0. The number of amides is 4. The number of halogens is 2. The van der Waals surface area contributed by atoms with Crippen LogP contribution in [0.5, 0.6) is 5.75 Å². The highest BCUT2D eigenvalue weighted by molar-refractivity contribution is 6.53. The van der Waals surface area contributed by atoms with E-state index in [0.717, 1.165) is 4.90 Å². The number of rotatable bonds is 2. The number of carbonyl (C=O) groups is 4. The molecule has 1 aromatic carbocycles. The molecule has 6 atom stereocenters. The number of phenols is 1. The summed E-state index contributed by atoms with van der Waals surface area (Å²) >= 11 is 14.1. The third kappa shape index (κ3) is 2.52. The van der Waals surface area contributed by atoms with Crippen molar-refractivity contribution in [1.82, 2.24) is 9.80 Å².